The van der Waals surface area contributed by atoms with Crippen LogP contribution in [0.1, 0.15) is 31.2 Å². The fourth-order valence-electron chi connectivity index (χ4n) is 1.41. The molecule has 17 heavy (non-hydrogen) atoms. The Balaban J connectivity index is 0.000000302. The van der Waals surface area contributed by atoms with Crippen LogP contribution in [0.25, 0.3) is 0 Å². The van der Waals surface area contributed by atoms with E-state index >= 15 is 0 Å². The summed E-state index contributed by atoms with van der Waals surface area (Å²) < 4.78 is 0. The van der Waals surface area contributed by atoms with E-state index in [4.69, 9.17) is 16.7 Å². The van der Waals surface area contributed by atoms with Gasteiger partial charge in [-0.1, -0.05) is 37.8 Å². The van der Waals surface area contributed by atoms with Crippen LogP contribution in [0.3, 0.4) is 0 Å². The summed E-state index contributed by atoms with van der Waals surface area (Å²) in [6.07, 6.45) is 6.75. The second kappa shape index (κ2) is 8.06. The van der Waals surface area contributed by atoms with Crippen molar-refractivity contribution < 1.29 is 5.11 Å². The summed E-state index contributed by atoms with van der Waals surface area (Å²) in [4.78, 5) is 0. The number of hydrogen-bond donors (Lipinski definition) is 4. The van der Waals surface area contributed by atoms with Crippen LogP contribution in [0.15, 0.2) is 24.3 Å². The van der Waals surface area contributed by atoms with Crippen LogP contribution in [0.5, 0.6) is 5.75 Å². The number of aromatic hydroxyl groups is 1. The van der Waals surface area contributed by atoms with Gasteiger partial charge in [-0.2, -0.15) is 0 Å². The first-order valence-electron chi connectivity index (χ1n) is 6.19. The van der Waals surface area contributed by atoms with E-state index in [2.05, 4.69) is 5.43 Å². The van der Waals surface area contributed by atoms with Crippen molar-refractivity contribution >= 4 is 0 Å². The van der Waals surface area contributed by atoms with Gasteiger partial charge in [0.15, 0.2) is 0 Å². The SMILES string of the molecule is C1CCC1.NNCC(N)Cc1ccc(O)cc1. The minimum Gasteiger partial charge on any atom is -0.508 e. The Morgan fingerprint density at radius 3 is 2.06 bits per heavy atom. The van der Waals surface area contributed by atoms with Gasteiger partial charge in [0.2, 0.25) is 0 Å². The minimum absolute atomic E-state index is 0.00884. The standard InChI is InChI=1S/C9H15N3O.C4H8/c10-8(6-12-11)5-7-1-3-9(13)4-2-7;1-2-4-3-1/h1-4,8,12-13H,5-6,10-11H2;1-4H2. The molecule has 0 radical (unpaired) electrons. The molecule has 1 saturated carbocycles. The Labute approximate surface area is 103 Å². The fraction of sp³-hybridized carbons (Fsp3) is 0.538. The number of nitrogens with two attached hydrogens (primary N) is 2. The predicted octanol–water partition coefficient (Wildman–Crippen LogP) is 1.29. The Morgan fingerprint density at radius 2 is 1.65 bits per heavy atom. The quantitative estimate of drug-likeness (QED) is 0.469. The van der Waals surface area contributed by atoms with Crippen LogP contribution in [-0.2, 0) is 6.42 Å². The van der Waals surface area contributed by atoms with Crippen molar-refractivity contribution in [1.29, 1.82) is 0 Å². The van der Waals surface area contributed by atoms with E-state index in [1.54, 1.807) is 12.1 Å². The van der Waals surface area contributed by atoms with Gasteiger partial charge >= 0.3 is 0 Å². The Bertz CT molecular complexity index is 292. The van der Waals surface area contributed by atoms with Gasteiger partial charge in [-0.25, -0.2) is 0 Å². The first-order chi connectivity index (χ1) is 8.22. The summed E-state index contributed by atoms with van der Waals surface area (Å²) in [5, 5.41) is 9.03. The number of hydrazine groups is 1. The van der Waals surface area contributed by atoms with E-state index in [1.165, 1.54) is 25.7 Å². The van der Waals surface area contributed by atoms with Crippen LogP contribution in [0, 0.1) is 0 Å². The van der Waals surface area contributed by atoms with Gasteiger partial charge < -0.3 is 10.8 Å². The number of nitrogens with one attached hydrogen (secondary N) is 1. The first kappa shape index (κ1) is 14.0. The lowest BCUT2D eigenvalue weighted by molar-refractivity contribution is 0.475. The molecule has 1 atom stereocenters. The topological polar surface area (TPSA) is 84.3 Å². The third-order valence-corrected chi connectivity index (χ3v) is 2.81. The molecule has 0 bridgehead atoms. The van der Waals surface area contributed by atoms with Gasteiger partial charge in [-0.3, -0.25) is 11.3 Å². The van der Waals surface area contributed by atoms with E-state index in [0.29, 0.717) is 6.54 Å². The zero-order valence-corrected chi connectivity index (χ0v) is 10.2. The molecule has 4 heteroatoms. The van der Waals surface area contributed by atoms with Gasteiger partial charge in [-0.15, -0.1) is 0 Å². The van der Waals surface area contributed by atoms with Gasteiger partial charge in [0.05, 0.1) is 0 Å². The van der Waals surface area contributed by atoms with E-state index < -0.39 is 0 Å². The maximum Gasteiger partial charge on any atom is 0.115 e. The molecule has 96 valence electrons. The summed E-state index contributed by atoms with van der Waals surface area (Å²) >= 11 is 0. The second-order valence-corrected chi connectivity index (χ2v) is 4.45. The molecule has 0 aliphatic heterocycles. The molecular weight excluding hydrogens is 214 g/mol. The lowest BCUT2D eigenvalue weighted by Crippen LogP contribution is -2.38. The van der Waals surface area contributed by atoms with Gasteiger partial charge in [0.25, 0.3) is 0 Å². The number of phenols is 1. The van der Waals surface area contributed by atoms with Crippen LogP contribution in [0.4, 0.5) is 0 Å². The molecule has 1 aromatic rings. The summed E-state index contributed by atoms with van der Waals surface area (Å²) in [6.45, 7) is 0.584. The molecular formula is C13H23N3O. The molecule has 4 nitrogen and oxygen atoms in total. The van der Waals surface area contributed by atoms with Crippen LogP contribution in [0.2, 0.25) is 0 Å². The zero-order chi connectivity index (χ0) is 12.5. The Kier molecular flexibility index (Phi) is 6.62. The Morgan fingerprint density at radius 1 is 1.12 bits per heavy atom. The average molecular weight is 237 g/mol. The predicted molar refractivity (Wildman–Crippen MR) is 70.4 cm³/mol. The van der Waals surface area contributed by atoms with Crippen LogP contribution in [-0.4, -0.2) is 17.7 Å². The highest BCUT2D eigenvalue weighted by Crippen LogP contribution is 2.15. The van der Waals surface area contributed by atoms with E-state index in [1.807, 2.05) is 12.1 Å². The summed E-state index contributed by atoms with van der Waals surface area (Å²) in [6, 6.07) is 7.02. The minimum atomic E-state index is 0.00884. The molecule has 1 unspecified atom stereocenters. The fourth-order valence-corrected chi connectivity index (χ4v) is 1.41. The molecule has 1 aliphatic rings. The van der Waals surface area contributed by atoms with E-state index in [0.717, 1.165) is 12.0 Å². The smallest absolute Gasteiger partial charge is 0.115 e. The normalized spacial score (nSPS) is 15.4. The monoisotopic (exact) mass is 237 g/mol. The zero-order valence-electron chi connectivity index (χ0n) is 10.2. The lowest BCUT2D eigenvalue weighted by Gasteiger charge is -2.10. The summed E-state index contributed by atoms with van der Waals surface area (Å²) in [5.41, 5.74) is 9.37. The van der Waals surface area contributed by atoms with Crippen molar-refractivity contribution in [1.82, 2.24) is 5.43 Å². The van der Waals surface area contributed by atoms with Gasteiger partial charge in [0, 0.05) is 12.6 Å². The molecule has 0 spiro atoms. The third kappa shape index (κ3) is 6.26. The van der Waals surface area contributed by atoms with Crippen LogP contribution >= 0.6 is 0 Å². The van der Waals surface area contributed by atoms with Crippen molar-refractivity contribution in [2.45, 2.75) is 38.1 Å². The highest BCUT2D eigenvalue weighted by atomic mass is 16.3. The molecule has 0 amide bonds. The number of benzene rings is 1. The molecule has 0 heterocycles. The number of rotatable bonds is 4. The van der Waals surface area contributed by atoms with E-state index in [-0.39, 0.29) is 11.8 Å². The highest BCUT2D eigenvalue weighted by molar-refractivity contribution is 5.26. The van der Waals surface area contributed by atoms with Crippen molar-refractivity contribution in [2.24, 2.45) is 11.6 Å². The van der Waals surface area contributed by atoms with Crippen molar-refractivity contribution in [3.05, 3.63) is 29.8 Å². The second-order valence-electron chi connectivity index (χ2n) is 4.45. The number of phenolic OH excluding ortho intramolecular Hbond substituents is 1. The Hall–Kier alpha value is -1.10. The average Bonchev–Trinajstić information content (AvgIpc) is 2.19. The lowest BCUT2D eigenvalue weighted by atomic mass is 10.0. The first-order valence-corrected chi connectivity index (χ1v) is 6.19. The highest BCUT2D eigenvalue weighted by Gasteiger charge is 2.02. The van der Waals surface area contributed by atoms with Crippen molar-refractivity contribution in [2.75, 3.05) is 6.54 Å². The van der Waals surface area contributed by atoms with Crippen molar-refractivity contribution in [3.8, 4) is 5.75 Å². The maximum absolute atomic E-state index is 9.03. The molecule has 1 aromatic carbocycles. The van der Waals surface area contributed by atoms with Gasteiger partial charge in [-0.05, 0) is 24.1 Å². The number of hydrogen-bond acceptors (Lipinski definition) is 4. The molecule has 2 rings (SSSR count). The van der Waals surface area contributed by atoms with E-state index in [9.17, 15) is 0 Å². The third-order valence-electron chi connectivity index (χ3n) is 2.81. The molecule has 6 N–H and O–H groups in total. The molecule has 1 fully saturated rings. The molecule has 0 aromatic heterocycles. The summed E-state index contributed by atoms with van der Waals surface area (Å²) in [7, 11) is 0. The maximum atomic E-state index is 9.03. The summed E-state index contributed by atoms with van der Waals surface area (Å²) in [5.74, 6) is 5.41. The molecule has 1 aliphatic carbocycles. The largest absolute Gasteiger partial charge is 0.508 e. The van der Waals surface area contributed by atoms with Crippen LogP contribution < -0.4 is 17.0 Å². The van der Waals surface area contributed by atoms with Gasteiger partial charge in [0.1, 0.15) is 5.75 Å². The van der Waals surface area contributed by atoms with Crippen molar-refractivity contribution in [3.63, 3.8) is 0 Å². The molecule has 0 saturated heterocycles.